The lowest BCUT2D eigenvalue weighted by Crippen LogP contribution is -2.39. The number of fused-ring (bicyclic) bond motifs is 1. The van der Waals surface area contributed by atoms with Crippen molar-refractivity contribution in [3.63, 3.8) is 0 Å². The first-order valence-corrected chi connectivity index (χ1v) is 14.2. The van der Waals surface area contributed by atoms with E-state index in [1.165, 1.54) is 35.9 Å². The van der Waals surface area contributed by atoms with Gasteiger partial charge in [-0.25, -0.2) is 18.2 Å². The van der Waals surface area contributed by atoms with E-state index in [-0.39, 0.29) is 10.6 Å². The molecule has 7 nitrogen and oxygen atoms in total. The molecule has 1 amide bonds. The molecular formula is C32H26FN3O4S. The Morgan fingerprint density at radius 1 is 0.829 bits per heavy atom. The molecule has 0 radical (unpaired) electrons. The molecule has 0 aromatic heterocycles. The summed E-state index contributed by atoms with van der Waals surface area (Å²) in [7, 11) is -4.10. The van der Waals surface area contributed by atoms with E-state index in [1.54, 1.807) is 42.5 Å². The Morgan fingerprint density at radius 2 is 1.51 bits per heavy atom. The predicted octanol–water partition coefficient (Wildman–Crippen LogP) is 5.90. The van der Waals surface area contributed by atoms with Crippen molar-refractivity contribution in [2.45, 2.75) is 11.5 Å². The molecule has 206 valence electrons. The third-order valence-corrected chi connectivity index (χ3v) is 8.02. The van der Waals surface area contributed by atoms with Crippen LogP contribution in [0.25, 0.3) is 10.8 Å². The molecular weight excluding hydrogens is 541 g/mol. The summed E-state index contributed by atoms with van der Waals surface area (Å²) in [5, 5.41) is 6.29. The number of rotatable bonds is 10. The zero-order chi connectivity index (χ0) is 28.7. The lowest BCUT2D eigenvalue weighted by atomic mass is 10.1. The van der Waals surface area contributed by atoms with Crippen molar-refractivity contribution >= 4 is 38.6 Å². The smallest absolute Gasteiger partial charge is 0.264 e. The Bertz CT molecular complexity index is 1780. The Morgan fingerprint density at radius 3 is 2.24 bits per heavy atom. The molecule has 5 aromatic carbocycles. The molecule has 0 heterocycles. The van der Waals surface area contributed by atoms with Crippen LogP contribution in [-0.4, -0.2) is 27.1 Å². The first-order chi connectivity index (χ1) is 19.9. The molecule has 0 saturated heterocycles. The maximum absolute atomic E-state index is 13.5. The molecule has 0 saturated carbocycles. The van der Waals surface area contributed by atoms with Crippen LogP contribution in [-0.2, 0) is 21.4 Å². The van der Waals surface area contributed by atoms with Gasteiger partial charge < -0.3 is 4.74 Å². The highest BCUT2D eigenvalue weighted by Gasteiger charge is 2.27. The van der Waals surface area contributed by atoms with Gasteiger partial charge in [-0.05, 0) is 88.6 Å². The van der Waals surface area contributed by atoms with Gasteiger partial charge in [0.05, 0.1) is 16.8 Å². The summed E-state index contributed by atoms with van der Waals surface area (Å²) in [6.45, 7) is -0.132. The zero-order valence-corrected chi connectivity index (χ0v) is 22.7. The molecule has 0 spiro atoms. The molecule has 0 unspecified atom stereocenters. The van der Waals surface area contributed by atoms with Gasteiger partial charge in [-0.1, -0.05) is 54.6 Å². The molecule has 0 aliphatic rings. The average molecular weight is 568 g/mol. The highest BCUT2D eigenvalue weighted by Crippen LogP contribution is 2.24. The number of nitrogens with one attached hydrogen (secondary N) is 1. The maximum atomic E-state index is 13.5. The number of benzene rings is 5. The number of nitrogens with zero attached hydrogens (tertiary/aromatic N) is 2. The minimum absolute atomic E-state index is 0.00329. The number of sulfonamides is 1. The number of anilines is 1. The first-order valence-electron chi connectivity index (χ1n) is 12.7. The van der Waals surface area contributed by atoms with Crippen molar-refractivity contribution in [1.29, 1.82) is 0 Å². The van der Waals surface area contributed by atoms with E-state index in [0.717, 1.165) is 27.4 Å². The number of halogens is 1. The molecule has 9 heteroatoms. The second kappa shape index (κ2) is 12.4. The first kappa shape index (κ1) is 27.5. The normalized spacial score (nSPS) is 11.4. The molecule has 0 bridgehead atoms. The number of hydrogen-bond donors (Lipinski definition) is 1. The van der Waals surface area contributed by atoms with E-state index < -0.39 is 28.3 Å². The topological polar surface area (TPSA) is 88.1 Å². The minimum Gasteiger partial charge on any atom is -0.489 e. The largest absolute Gasteiger partial charge is 0.489 e. The van der Waals surface area contributed by atoms with Gasteiger partial charge in [-0.2, -0.15) is 5.10 Å². The van der Waals surface area contributed by atoms with Crippen molar-refractivity contribution in [2.75, 3.05) is 10.8 Å². The van der Waals surface area contributed by atoms with E-state index in [9.17, 15) is 17.6 Å². The summed E-state index contributed by atoms with van der Waals surface area (Å²) < 4.78 is 46.9. The quantitative estimate of drug-likeness (QED) is 0.168. The van der Waals surface area contributed by atoms with Gasteiger partial charge in [-0.15, -0.1) is 0 Å². The van der Waals surface area contributed by atoms with Crippen LogP contribution in [0.2, 0.25) is 0 Å². The fourth-order valence-electron chi connectivity index (χ4n) is 4.13. The summed E-state index contributed by atoms with van der Waals surface area (Å²) in [6.07, 6.45) is 1.44. The van der Waals surface area contributed by atoms with Crippen LogP contribution in [0.1, 0.15) is 11.1 Å². The van der Waals surface area contributed by atoms with Crippen LogP contribution in [0.4, 0.5) is 10.1 Å². The summed E-state index contributed by atoms with van der Waals surface area (Å²) in [4.78, 5) is 12.7. The van der Waals surface area contributed by atoms with E-state index in [4.69, 9.17) is 4.74 Å². The van der Waals surface area contributed by atoms with E-state index in [1.807, 2.05) is 18.2 Å². The predicted molar refractivity (Wildman–Crippen MR) is 158 cm³/mol. The molecule has 0 aliphatic carbocycles. The summed E-state index contributed by atoms with van der Waals surface area (Å²) in [6, 6.07) is 34.1. The van der Waals surface area contributed by atoms with E-state index in [2.05, 4.69) is 34.8 Å². The van der Waals surface area contributed by atoms with Crippen molar-refractivity contribution in [3.05, 3.63) is 138 Å². The van der Waals surface area contributed by atoms with E-state index in [0.29, 0.717) is 17.9 Å². The van der Waals surface area contributed by atoms with Crippen LogP contribution in [0, 0.1) is 5.82 Å². The summed E-state index contributed by atoms with van der Waals surface area (Å²) in [5.74, 6) is -0.509. The van der Waals surface area contributed by atoms with Crippen LogP contribution in [0.3, 0.4) is 0 Å². The van der Waals surface area contributed by atoms with Gasteiger partial charge in [0.2, 0.25) is 0 Å². The minimum atomic E-state index is -4.10. The summed E-state index contributed by atoms with van der Waals surface area (Å²) >= 11 is 0. The van der Waals surface area contributed by atoms with Crippen molar-refractivity contribution in [1.82, 2.24) is 5.43 Å². The Labute approximate surface area is 237 Å². The fraction of sp³-hybridized carbons (Fsp3) is 0.0625. The molecule has 5 rings (SSSR count). The molecule has 41 heavy (non-hydrogen) atoms. The van der Waals surface area contributed by atoms with Gasteiger partial charge >= 0.3 is 0 Å². The molecule has 0 fully saturated rings. The van der Waals surface area contributed by atoms with Gasteiger partial charge in [-0.3, -0.25) is 9.10 Å². The van der Waals surface area contributed by atoms with Crippen molar-refractivity contribution < 1.29 is 22.3 Å². The number of hydrogen-bond acceptors (Lipinski definition) is 5. The van der Waals surface area contributed by atoms with Crippen LogP contribution < -0.4 is 14.5 Å². The Balaban J connectivity index is 1.20. The monoisotopic (exact) mass is 567 g/mol. The molecule has 5 aromatic rings. The highest BCUT2D eigenvalue weighted by atomic mass is 32.2. The second-order valence-electron chi connectivity index (χ2n) is 9.13. The standard InChI is InChI=1S/C32H26FN3O4S/c33-28-14-16-29(17-15-28)36(41(38,39)31-8-2-1-3-9-31)22-32(37)35-34-21-24-11-18-30(19-12-24)40-23-25-10-13-26-6-4-5-7-27(26)20-25/h1-21H,22-23H2,(H,35,37)/b34-21-. The lowest BCUT2D eigenvalue weighted by Gasteiger charge is -2.23. The molecule has 0 aliphatic heterocycles. The Kier molecular flexibility index (Phi) is 8.36. The van der Waals surface area contributed by atoms with Crippen LogP contribution in [0.15, 0.2) is 131 Å². The fourth-order valence-corrected chi connectivity index (χ4v) is 5.57. The average Bonchev–Trinajstić information content (AvgIpc) is 3.00. The van der Waals surface area contributed by atoms with Gasteiger partial charge in [0.25, 0.3) is 15.9 Å². The Hall–Kier alpha value is -5.02. The van der Waals surface area contributed by atoms with Crippen LogP contribution >= 0.6 is 0 Å². The number of carbonyl (C=O) groups is 1. The maximum Gasteiger partial charge on any atom is 0.264 e. The second-order valence-corrected chi connectivity index (χ2v) is 11.0. The SMILES string of the molecule is O=C(CN(c1ccc(F)cc1)S(=O)(=O)c1ccccc1)N/N=C\c1ccc(OCc2ccc3ccccc3c2)cc1. The zero-order valence-electron chi connectivity index (χ0n) is 21.9. The highest BCUT2D eigenvalue weighted by molar-refractivity contribution is 7.92. The lowest BCUT2D eigenvalue weighted by molar-refractivity contribution is -0.119. The number of ether oxygens (including phenoxy) is 1. The third-order valence-electron chi connectivity index (χ3n) is 6.24. The van der Waals surface area contributed by atoms with Crippen LogP contribution in [0.5, 0.6) is 5.75 Å². The van der Waals surface area contributed by atoms with Gasteiger partial charge in [0.15, 0.2) is 0 Å². The number of hydrazone groups is 1. The summed E-state index contributed by atoms with van der Waals surface area (Å²) in [5.41, 5.74) is 4.27. The third kappa shape index (κ3) is 6.95. The van der Waals surface area contributed by atoms with Crippen molar-refractivity contribution in [2.24, 2.45) is 5.10 Å². The van der Waals surface area contributed by atoms with Gasteiger partial charge in [0.1, 0.15) is 24.7 Å². The molecule has 0 atom stereocenters. The van der Waals surface area contributed by atoms with Gasteiger partial charge in [0, 0.05) is 0 Å². The number of amides is 1. The number of carbonyl (C=O) groups excluding carboxylic acids is 1. The van der Waals surface area contributed by atoms with E-state index >= 15 is 0 Å². The van der Waals surface area contributed by atoms with Crippen molar-refractivity contribution in [3.8, 4) is 5.75 Å². The molecule has 1 N–H and O–H groups in total.